The zero-order valence-corrected chi connectivity index (χ0v) is 13.8. The van der Waals surface area contributed by atoms with E-state index in [1.54, 1.807) is 7.11 Å². The van der Waals surface area contributed by atoms with Crippen LogP contribution in [0.5, 0.6) is 5.75 Å². The quantitative estimate of drug-likeness (QED) is 0.666. The molecule has 1 aromatic rings. The van der Waals surface area contributed by atoms with Gasteiger partial charge in [0.1, 0.15) is 5.75 Å². The maximum atomic E-state index is 8.17. The van der Waals surface area contributed by atoms with Crippen molar-refractivity contribution in [2.45, 2.75) is 26.7 Å². The molecule has 0 amide bonds. The van der Waals surface area contributed by atoms with Crippen LogP contribution in [0.3, 0.4) is 0 Å². The summed E-state index contributed by atoms with van der Waals surface area (Å²) in [5, 5.41) is 16.3. The Hall–Kier alpha value is -1.88. The molecule has 5 heteroatoms. The molecule has 1 aromatic carbocycles. The van der Waals surface area contributed by atoms with Gasteiger partial charge in [0.25, 0.3) is 0 Å². The van der Waals surface area contributed by atoms with Gasteiger partial charge in [-0.1, -0.05) is 6.07 Å². The molecule has 0 aliphatic carbocycles. The largest absolute Gasteiger partial charge is 0.496 e. The molecule has 1 saturated heterocycles. The lowest BCUT2D eigenvalue weighted by Crippen LogP contribution is -2.34. The molecule has 2 rings (SSSR count). The SMILES string of the molecule is COc1cc(C(=N)OC(=N)C2CCN(C)CC2)c(C)cc1C. The Balaban J connectivity index is 2.07. The molecule has 0 atom stereocenters. The Bertz CT molecular complexity index is 576. The van der Waals surface area contributed by atoms with Crippen molar-refractivity contribution in [3.63, 3.8) is 0 Å². The number of hydrogen-bond donors (Lipinski definition) is 2. The Morgan fingerprint density at radius 1 is 1.14 bits per heavy atom. The smallest absolute Gasteiger partial charge is 0.221 e. The van der Waals surface area contributed by atoms with E-state index in [-0.39, 0.29) is 17.7 Å². The van der Waals surface area contributed by atoms with Gasteiger partial charge in [0.15, 0.2) is 5.90 Å². The molecule has 22 heavy (non-hydrogen) atoms. The second kappa shape index (κ2) is 6.92. The van der Waals surface area contributed by atoms with E-state index < -0.39 is 0 Å². The number of ether oxygens (including phenoxy) is 2. The van der Waals surface area contributed by atoms with Gasteiger partial charge in [-0.25, -0.2) is 0 Å². The number of rotatable bonds is 3. The van der Waals surface area contributed by atoms with Gasteiger partial charge in [-0.3, -0.25) is 10.8 Å². The summed E-state index contributed by atoms with van der Waals surface area (Å²) < 4.78 is 10.8. The van der Waals surface area contributed by atoms with Crippen molar-refractivity contribution >= 4 is 11.8 Å². The first kappa shape index (κ1) is 16.5. The van der Waals surface area contributed by atoms with Crippen molar-refractivity contribution < 1.29 is 9.47 Å². The third-order valence-electron chi connectivity index (χ3n) is 4.29. The molecular weight excluding hydrogens is 278 g/mol. The van der Waals surface area contributed by atoms with Crippen LogP contribution in [-0.4, -0.2) is 43.9 Å². The number of nitrogens with zero attached hydrogens (tertiary/aromatic N) is 1. The highest BCUT2D eigenvalue weighted by molar-refractivity contribution is 6.01. The topological polar surface area (TPSA) is 69.4 Å². The number of aryl methyl sites for hydroxylation is 2. The normalized spacial score (nSPS) is 16.4. The number of benzene rings is 1. The molecule has 0 radical (unpaired) electrons. The fourth-order valence-electron chi connectivity index (χ4n) is 2.82. The van der Waals surface area contributed by atoms with Crippen LogP contribution in [-0.2, 0) is 4.74 Å². The monoisotopic (exact) mass is 303 g/mol. The molecule has 1 heterocycles. The molecule has 1 aliphatic heterocycles. The first-order chi connectivity index (χ1) is 10.4. The Morgan fingerprint density at radius 3 is 2.36 bits per heavy atom. The molecule has 1 fully saturated rings. The van der Waals surface area contributed by atoms with E-state index in [4.69, 9.17) is 20.3 Å². The summed E-state index contributed by atoms with van der Waals surface area (Å²) >= 11 is 0. The van der Waals surface area contributed by atoms with E-state index in [0.717, 1.165) is 42.8 Å². The van der Waals surface area contributed by atoms with Gasteiger partial charge in [0.2, 0.25) is 5.90 Å². The van der Waals surface area contributed by atoms with E-state index in [2.05, 4.69) is 11.9 Å². The van der Waals surface area contributed by atoms with Crippen LogP contribution < -0.4 is 4.74 Å². The lowest BCUT2D eigenvalue weighted by Gasteiger charge is -2.28. The zero-order chi connectivity index (χ0) is 16.3. The van der Waals surface area contributed by atoms with Crippen molar-refractivity contribution in [3.05, 3.63) is 28.8 Å². The van der Waals surface area contributed by atoms with Crippen molar-refractivity contribution in [1.82, 2.24) is 4.90 Å². The van der Waals surface area contributed by atoms with Gasteiger partial charge in [-0.05, 0) is 64.0 Å². The average Bonchev–Trinajstić information content (AvgIpc) is 2.47. The van der Waals surface area contributed by atoms with Crippen molar-refractivity contribution in [3.8, 4) is 5.75 Å². The Kier molecular flexibility index (Phi) is 5.19. The van der Waals surface area contributed by atoms with Crippen LogP contribution in [0.15, 0.2) is 12.1 Å². The lowest BCUT2D eigenvalue weighted by atomic mass is 9.97. The van der Waals surface area contributed by atoms with E-state index in [1.807, 2.05) is 26.0 Å². The van der Waals surface area contributed by atoms with Crippen molar-refractivity contribution in [2.24, 2.45) is 5.92 Å². The highest BCUT2D eigenvalue weighted by Crippen LogP contribution is 2.24. The van der Waals surface area contributed by atoms with Gasteiger partial charge >= 0.3 is 0 Å². The van der Waals surface area contributed by atoms with Gasteiger partial charge < -0.3 is 14.4 Å². The van der Waals surface area contributed by atoms with Gasteiger partial charge in [-0.2, -0.15) is 0 Å². The molecule has 0 bridgehead atoms. The minimum absolute atomic E-state index is 0.0275. The van der Waals surface area contributed by atoms with Crippen LogP contribution >= 0.6 is 0 Å². The summed E-state index contributed by atoms with van der Waals surface area (Å²) in [5.41, 5.74) is 2.67. The molecular formula is C17H25N3O2. The van der Waals surface area contributed by atoms with Crippen LogP contribution in [0.25, 0.3) is 0 Å². The molecule has 0 aromatic heterocycles. The van der Waals surface area contributed by atoms with E-state index in [0.29, 0.717) is 5.56 Å². The highest BCUT2D eigenvalue weighted by Gasteiger charge is 2.23. The van der Waals surface area contributed by atoms with Crippen LogP contribution in [0.1, 0.15) is 29.5 Å². The van der Waals surface area contributed by atoms with Crippen LogP contribution in [0, 0.1) is 30.6 Å². The second-order valence-corrected chi connectivity index (χ2v) is 6.01. The Morgan fingerprint density at radius 2 is 1.77 bits per heavy atom. The molecule has 0 spiro atoms. The van der Waals surface area contributed by atoms with E-state index in [1.165, 1.54) is 0 Å². The average molecular weight is 303 g/mol. The summed E-state index contributed by atoms with van der Waals surface area (Å²) in [5.74, 6) is 1.08. The van der Waals surface area contributed by atoms with Crippen molar-refractivity contribution in [2.75, 3.05) is 27.2 Å². The van der Waals surface area contributed by atoms with Crippen LogP contribution in [0.4, 0.5) is 0 Å². The fourth-order valence-corrected chi connectivity index (χ4v) is 2.82. The molecule has 0 saturated carbocycles. The number of hydrogen-bond acceptors (Lipinski definition) is 5. The second-order valence-electron chi connectivity index (χ2n) is 6.01. The molecule has 2 N–H and O–H groups in total. The minimum atomic E-state index is 0.0275. The third-order valence-corrected chi connectivity index (χ3v) is 4.29. The molecule has 5 nitrogen and oxygen atoms in total. The number of likely N-dealkylation sites (tertiary alicyclic amines) is 1. The van der Waals surface area contributed by atoms with E-state index in [9.17, 15) is 0 Å². The fraction of sp³-hybridized carbons (Fsp3) is 0.529. The molecule has 0 unspecified atom stereocenters. The summed E-state index contributed by atoms with van der Waals surface area (Å²) in [6.07, 6.45) is 1.83. The van der Waals surface area contributed by atoms with Crippen LogP contribution in [0.2, 0.25) is 0 Å². The summed E-state index contributed by atoms with van der Waals surface area (Å²) in [6, 6.07) is 3.79. The highest BCUT2D eigenvalue weighted by atomic mass is 16.5. The maximum absolute atomic E-state index is 8.17. The first-order valence-electron chi connectivity index (χ1n) is 7.61. The Labute approximate surface area is 132 Å². The minimum Gasteiger partial charge on any atom is -0.496 e. The number of piperidine rings is 1. The van der Waals surface area contributed by atoms with E-state index >= 15 is 0 Å². The third kappa shape index (κ3) is 3.65. The standard InChI is InChI=1S/C17H25N3O2/c1-11-9-12(2)15(21-4)10-14(11)17(19)22-16(18)13-5-7-20(3)8-6-13/h9-10,13,18-19H,5-8H2,1-4H3. The van der Waals surface area contributed by atoms with Gasteiger partial charge in [0.05, 0.1) is 7.11 Å². The summed E-state index contributed by atoms with van der Waals surface area (Å²) in [4.78, 5) is 2.25. The van der Waals surface area contributed by atoms with Crippen molar-refractivity contribution in [1.29, 1.82) is 10.8 Å². The number of methoxy groups -OCH3 is 1. The maximum Gasteiger partial charge on any atom is 0.221 e. The summed E-state index contributed by atoms with van der Waals surface area (Å²) in [6.45, 7) is 5.86. The van der Waals surface area contributed by atoms with Gasteiger partial charge in [0, 0.05) is 11.5 Å². The number of nitrogens with one attached hydrogen (secondary N) is 2. The van der Waals surface area contributed by atoms with Gasteiger partial charge in [-0.15, -0.1) is 0 Å². The molecule has 120 valence electrons. The zero-order valence-electron chi connectivity index (χ0n) is 13.8. The molecule has 1 aliphatic rings. The summed E-state index contributed by atoms with van der Waals surface area (Å²) in [7, 11) is 3.71. The predicted octanol–water partition coefficient (Wildman–Crippen LogP) is 2.97. The predicted molar refractivity (Wildman–Crippen MR) is 88.3 cm³/mol. The lowest BCUT2D eigenvalue weighted by molar-refractivity contribution is 0.240. The first-order valence-corrected chi connectivity index (χ1v) is 7.61.